The number of rotatable bonds is 8. The first kappa shape index (κ1) is 55.9. The molecule has 3 saturated heterocycles. The number of aliphatic hydroxyl groups is 1. The zero-order chi connectivity index (χ0) is 39.0. The third-order valence-electron chi connectivity index (χ3n) is 11.5. The summed E-state index contributed by atoms with van der Waals surface area (Å²) in [6, 6.07) is 12.3. The maximum Gasteiger partial charge on any atom is 0.407 e. The smallest absolute Gasteiger partial charge is 0.407 e. The molecule has 7 rings (SSSR count). The van der Waals surface area contributed by atoms with Crippen LogP contribution in [0.2, 0.25) is 0 Å². The average molecular weight is 954 g/mol. The van der Waals surface area contributed by atoms with Gasteiger partial charge < -0.3 is 39.7 Å². The van der Waals surface area contributed by atoms with Gasteiger partial charge in [0.05, 0.1) is 60.4 Å². The number of nitrogens with zero attached hydrogens (tertiary/aromatic N) is 4. The molecular formula is C42H63N7O6S6. The standard InChI is InChI=1S/C42H51N7O6.6H2S/c1-24(2)26(5)39(51)48-22-30(50)19-34(48)37-43-21-33(46-37)29-13-10-27(11-14-29)8-9-28-12-15-31-32(18-28)45-38(44-31)35-20-42(16-7-17-55-42)23-49(35)40(52)36(25(3)4)47-41(53)54-6;;;;;;/h10-15,18,21,24-26,30,34-36,50H,7,16-17,19-20,22-23H2,1-6H3,(H,43,46)(H,44,45)(H,47,53);6*1H2/t26-,30-,34-,35-,36-,42-;;;;;;/m0....../s1. The number of methoxy groups -OCH3 is 1. The lowest BCUT2D eigenvalue weighted by Crippen LogP contribution is -2.51. The molecule has 0 radical (unpaired) electrons. The van der Waals surface area contributed by atoms with Crippen molar-refractivity contribution in [2.45, 2.75) is 90.1 Å². The number of aliphatic hydroxyl groups excluding tert-OH is 1. The first-order chi connectivity index (χ1) is 26.3. The maximum atomic E-state index is 14.0. The van der Waals surface area contributed by atoms with Crippen molar-refractivity contribution in [3.05, 3.63) is 71.4 Å². The van der Waals surface area contributed by atoms with E-state index < -0.39 is 23.8 Å². The number of nitrogens with one attached hydrogen (secondary N) is 3. The van der Waals surface area contributed by atoms with Crippen molar-refractivity contribution in [3.63, 3.8) is 0 Å². The Labute approximate surface area is 400 Å². The second kappa shape index (κ2) is 23.6. The molecule has 4 N–H and O–H groups in total. The van der Waals surface area contributed by atoms with Gasteiger partial charge in [-0.15, -0.1) is 0 Å². The summed E-state index contributed by atoms with van der Waals surface area (Å²) in [4.78, 5) is 59.3. The Kier molecular flexibility index (Phi) is 21.6. The Morgan fingerprint density at radius 2 is 1.56 bits per heavy atom. The zero-order valence-corrected chi connectivity index (χ0v) is 41.4. The van der Waals surface area contributed by atoms with Gasteiger partial charge in [-0.05, 0) is 60.6 Å². The maximum absolute atomic E-state index is 14.0. The Bertz CT molecular complexity index is 2130. The molecule has 3 aliphatic rings. The molecule has 3 amide bonds. The van der Waals surface area contributed by atoms with E-state index in [9.17, 15) is 19.5 Å². The van der Waals surface area contributed by atoms with Crippen LogP contribution in [0.25, 0.3) is 22.3 Å². The van der Waals surface area contributed by atoms with E-state index in [-0.39, 0.29) is 123 Å². The summed E-state index contributed by atoms with van der Waals surface area (Å²) in [5.41, 5.74) is 4.56. The highest BCUT2D eigenvalue weighted by molar-refractivity contribution is 7.60. The summed E-state index contributed by atoms with van der Waals surface area (Å²) in [5, 5.41) is 13.2. The van der Waals surface area contributed by atoms with Gasteiger partial charge in [-0.25, -0.2) is 14.8 Å². The van der Waals surface area contributed by atoms with Gasteiger partial charge in [0, 0.05) is 43.0 Å². The van der Waals surface area contributed by atoms with Gasteiger partial charge in [0.2, 0.25) is 11.8 Å². The summed E-state index contributed by atoms with van der Waals surface area (Å²) in [7, 11) is 1.29. The van der Waals surface area contributed by atoms with Gasteiger partial charge in [-0.1, -0.05) is 58.6 Å². The number of aromatic amines is 2. The van der Waals surface area contributed by atoms with Crippen molar-refractivity contribution in [2.75, 3.05) is 26.8 Å². The zero-order valence-electron chi connectivity index (χ0n) is 35.4. The van der Waals surface area contributed by atoms with Gasteiger partial charge >= 0.3 is 6.09 Å². The van der Waals surface area contributed by atoms with E-state index in [1.165, 1.54) is 7.11 Å². The molecule has 3 aliphatic heterocycles. The Morgan fingerprint density at radius 3 is 2.18 bits per heavy atom. The summed E-state index contributed by atoms with van der Waals surface area (Å²) in [6.07, 6.45) is 3.41. The number of hydrogen-bond donors (Lipinski definition) is 4. The molecule has 6 atom stereocenters. The van der Waals surface area contributed by atoms with E-state index in [4.69, 9.17) is 14.5 Å². The number of likely N-dealkylation sites (tertiary alicyclic amines) is 2. The molecule has 4 aromatic rings. The Balaban J connectivity index is 0.00000310. The number of imidazole rings is 2. The first-order valence-corrected chi connectivity index (χ1v) is 19.3. The number of hydrogen-bond acceptors (Lipinski definition) is 8. The number of benzene rings is 2. The molecule has 0 aliphatic carbocycles. The molecule has 1 spiro atoms. The Hall–Kier alpha value is -3.09. The van der Waals surface area contributed by atoms with Gasteiger partial charge in [0.1, 0.15) is 17.7 Å². The normalized spacial score (nSPS) is 21.1. The number of ether oxygens (including phenoxy) is 2. The molecule has 61 heavy (non-hydrogen) atoms. The molecular weight excluding hydrogens is 891 g/mol. The fraction of sp³-hybridized carbons (Fsp3) is 0.500. The van der Waals surface area contributed by atoms with Crippen LogP contribution < -0.4 is 5.32 Å². The van der Waals surface area contributed by atoms with Crippen LogP contribution in [0.3, 0.4) is 0 Å². The van der Waals surface area contributed by atoms with Crippen molar-refractivity contribution >= 4 is 110 Å². The van der Waals surface area contributed by atoms with Crippen LogP contribution >= 0.6 is 81.0 Å². The number of carbonyl (C=O) groups excluding carboxylic acids is 3. The SMILES string of the molecule is COC(=O)N[C@H](C(=O)N1C[C@]2(CCCO2)C[C@H]1c1nc2ccc(C#Cc3ccc(-c4cnc([C@@H]5C[C@H](O)CN5C(=O)[C@@H](C)C(C)C)[nH]4)cc3)cc2[nH]1)C(C)C.S.S.S.S.S.S. The molecule has 13 nitrogen and oxygen atoms in total. The summed E-state index contributed by atoms with van der Waals surface area (Å²) < 4.78 is 11.0. The number of alkyl carbamates (subject to hydrolysis) is 1. The number of amides is 3. The highest BCUT2D eigenvalue weighted by Crippen LogP contribution is 2.45. The van der Waals surface area contributed by atoms with Gasteiger partial charge in [-0.2, -0.15) is 81.0 Å². The van der Waals surface area contributed by atoms with Crippen LogP contribution in [0.5, 0.6) is 0 Å². The summed E-state index contributed by atoms with van der Waals surface area (Å²) >= 11 is 0. The van der Waals surface area contributed by atoms with Crippen molar-refractivity contribution < 1.29 is 29.0 Å². The van der Waals surface area contributed by atoms with E-state index >= 15 is 0 Å². The van der Waals surface area contributed by atoms with Crippen LogP contribution in [0, 0.1) is 29.6 Å². The first-order valence-electron chi connectivity index (χ1n) is 19.3. The quantitative estimate of drug-likeness (QED) is 0.153. The van der Waals surface area contributed by atoms with Crippen molar-refractivity contribution in [2.24, 2.45) is 17.8 Å². The van der Waals surface area contributed by atoms with Crippen LogP contribution in [-0.4, -0.2) is 97.3 Å². The van der Waals surface area contributed by atoms with Gasteiger partial charge in [0.25, 0.3) is 0 Å². The predicted molar refractivity (Wildman–Crippen MR) is 269 cm³/mol. The van der Waals surface area contributed by atoms with E-state index in [2.05, 4.69) is 32.1 Å². The fourth-order valence-electron chi connectivity index (χ4n) is 8.00. The number of H-pyrrole nitrogens is 2. The molecule has 3 fully saturated rings. The third-order valence-corrected chi connectivity index (χ3v) is 11.5. The minimum Gasteiger partial charge on any atom is -0.453 e. The van der Waals surface area contributed by atoms with Crippen LogP contribution in [0.15, 0.2) is 48.7 Å². The molecule has 5 heterocycles. The Morgan fingerprint density at radius 1 is 0.885 bits per heavy atom. The van der Waals surface area contributed by atoms with Gasteiger partial charge in [-0.3, -0.25) is 9.59 Å². The molecule has 0 bridgehead atoms. The highest BCUT2D eigenvalue weighted by atomic mass is 32.1. The number of fused-ring (bicyclic) bond motifs is 1. The summed E-state index contributed by atoms with van der Waals surface area (Å²) in [6.45, 7) is 11.2. The minimum absolute atomic E-state index is 0. The highest BCUT2D eigenvalue weighted by Gasteiger charge is 2.51. The van der Waals surface area contributed by atoms with Gasteiger partial charge in [0.15, 0.2) is 0 Å². The molecule has 0 unspecified atom stereocenters. The average Bonchev–Trinajstić information content (AvgIpc) is 4.03. The van der Waals surface area contributed by atoms with E-state index in [1.807, 2.05) is 77.1 Å². The lowest BCUT2D eigenvalue weighted by molar-refractivity contribution is -0.138. The second-order valence-electron chi connectivity index (χ2n) is 16.0. The number of aromatic nitrogens is 4. The number of carbonyl (C=O) groups is 3. The molecule has 2 aromatic carbocycles. The minimum atomic E-state index is -0.753. The van der Waals surface area contributed by atoms with Crippen molar-refractivity contribution in [1.82, 2.24) is 35.1 Å². The van der Waals surface area contributed by atoms with Crippen molar-refractivity contribution in [3.8, 4) is 23.1 Å². The lowest BCUT2D eigenvalue weighted by Gasteiger charge is -2.30. The molecule has 19 heteroatoms. The number of β-amino-alcohol motifs (C(OH)–C–C–N with tert-alkyl or cyclic N) is 1. The molecule has 338 valence electrons. The van der Waals surface area contributed by atoms with Crippen LogP contribution in [0.1, 0.15) is 95.2 Å². The van der Waals surface area contributed by atoms with E-state index in [1.54, 1.807) is 16.0 Å². The lowest BCUT2D eigenvalue weighted by atomic mass is 9.96. The predicted octanol–water partition coefficient (Wildman–Crippen LogP) is 6.16. The van der Waals surface area contributed by atoms with E-state index in [0.29, 0.717) is 44.2 Å². The third kappa shape index (κ3) is 12.1. The van der Waals surface area contributed by atoms with Crippen LogP contribution in [-0.2, 0) is 19.1 Å². The topological polar surface area (TPSA) is 166 Å². The fourth-order valence-corrected chi connectivity index (χ4v) is 8.00. The largest absolute Gasteiger partial charge is 0.453 e. The van der Waals surface area contributed by atoms with Crippen molar-refractivity contribution in [1.29, 1.82) is 0 Å². The van der Waals surface area contributed by atoms with Crippen LogP contribution in [0.4, 0.5) is 4.79 Å². The summed E-state index contributed by atoms with van der Waals surface area (Å²) in [5.74, 6) is 7.64. The second-order valence-corrected chi connectivity index (χ2v) is 16.0. The monoisotopic (exact) mass is 953 g/mol. The molecule has 2 aromatic heterocycles. The van der Waals surface area contributed by atoms with E-state index in [0.717, 1.165) is 46.3 Å². The molecule has 0 saturated carbocycles.